The minimum absolute atomic E-state index is 0.180. The minimum Gasteiger partial charge on any atom is -0.383 e. The topological polar surface area (TPSA) is 42.4 Å². The number of hydrogen-bond acceptors (Lipinski definition) is 3. The fourth-order valence-electron chi connectivity index (χ4n) is 2.88. The average molecular weight is 347 g/mol. The van der Waals surface area contributed by atoms with Gasteiger partial charge < -0.3 is 9.64 Å². The number of amides is 1. The first-order valence-corrected chi connectivity index (χ1v) is 8.72. The van der Waals surface area contributed by atoms with E-state index in [1.165, 1.54) is 5.56 Å². The average Bonchev–Trinajstić information content (AvgIpc) is 3.40. The number of pyridine rings is 1. The highest BCUT2D eigenvalue weighted by Crippen LogP contribution is 2.32. The Morgan fingerprint density at radius 2 is 2.12 bits per heavy atom. The monoisotopic (exact) mass is 346 g/mol. The second-order valence-electron chi connectivity index (χ2n) is 6.54. The summed E-state index contributed by atoms with van der Waals surface area (Å²) in [6.45, 7) is 5.71. The highest BCUT2D eigenvalue weighted by molar-refractivity contribution is 6.30. The predicted octanol–water partition coefficient (Wildman–Crippen LogP) is 3.89. The lowest BCUT2D eigenvalue weighted by atomic mass is 10.0. The van der Waals surface area contributed by atoms with E-state index in [1.807, 2.05) is 4.90 Å². The second-order valence-corrected chi connectivity index (χ2v) is 6.90. The number of halogens is 1. The van der Waals surface area contributed by atoms with E-state index in [2.05, 4.69) is 37.0 Å². The Morgan fingerprint density at radius 1 is 1.38 bits per heavy atom. The van der Waals surface area contributed by atoms with Crippen LogP contribution in [0.5, 0.6) is 0 Å². The van der Waals surface area contributed by atoms with E-state index in [-0.39, 0.29) is 11.8 Å². The van der Waals surface area contributed by atoms with Crippen LogP contribution in [0.3, 0.4) is 0 Å². The molecule has 0 N–H and O–H groups in total. The zero-order chi connectivity index (χ0) is 17.3. The minimum atomic E-state index is 0.180. The molecule has 0 unspecified atom stereocenters. The lowest BCUT2D eigenvalue weighted by Crippen LogP contribution is -2.34. The molecule has 1 amide bonds. The highest BCUT2D eigenvalue weighted by atomic mass is 35.5. The Hall–Kier alpha value is -1.65. The van der Waals surface area contributed by atoms with Gasteiger partial charge in [0.25, 0.3) is 0 Å². The summed E-state index contributed by atoms with van der Waals surface area (Å²) in [5.74, 6) is 0.377. The maximum absolute atomic E-state index is 12.5. The van der Waals surface area contributed by atoms with Gasteiger partial charge in [-0.15, -0.1) is 0 Å². The number of carbonyl (C=O) groups excluding carboxylic acids is 1. The molecule has 1 aliphatic rings. The van der Waals surface area contributed by atoms with Gasteiger partial charge in [-0.05, 0) is 43.9 Å². The fraction of sp³-hybridized carbons (Fsp3) is 0.474. The number of ether oxygens (including phenoxy) is 1. The number of methoxy groups -OCH3 is 1. The Bertz CT molecular complexity index is 772. The molecule has 1 aliphatic carbocycles. The number of aromatic nitrogens is 1. The molecule has 3 rings (SSSR count). The molecule has 1 heterocycles. The Morgan fingerprint density at radius 3 is 2.79 bits per heavy atom. The van der Waals surface area contributed by atoms with Crippen LogP contribution in [0.15, 0.2) is 18.2 Å². The van der Waals surface area contributed by atoms with Crippen LogP contribution in [0.25, 0.3) is 10.9 Å². The van der Waals surface area contributed by atoms with E-state index in [0.29, 0.717) is 24.8 Å². The summed E-state index contributed by atoms with van der Waals surface area (Å²) in [5.41, 5.74) is 4.16. The van der Waals surface area contributed by atoms with Crippen LogP contribution in [-0.2, 0) is 16.1 Å². The normalized spacial score (nSPS) is 14.2. The fourth-order valence-corrected chi connectivity index (χ4v) is 3.08. The summed E-state index contributed by atoms with van der Waals surface area (Å²) >= 11 is 6.43. The zero-order valence-corrected chi connectivity index (χ0v) is 15.2. The first kappa shape index (κ1) is 17.2. The third-order valence-electron chi connectivity index (χ3n) is 4.70. The summed E-state index contributed by atoms with van der Waals surface area (Å²) in [4.78, 5) is 18.9. The molecule has 1 aromatic heterocycles. The van der Waals surface area contributed by atoms with Crippen molar-refractivity contribution in [3.63, 3.8) is 0 Å². The van der Waals surface area contributed by atoms with Crippen molar-refractivity contribution >= 4 is 28.4 Å². The molecule has 5 heteroatoms. The molecule has 128 valence electrons. The van der Waals surface area contributed by atoms with Crippen LogP contribution in [0.2, 0.25) is 5.15 Å². The SMILES string of the molecule is COCCN(Cc1cc2ccc(C)c(C)c2nc1Cl)C(=O)C1CC1. The first-order valence-electron chi connectivity index (χ1n) is 8.34. The van der Waals surface area contributed by atoms with Crippen LogP contribution in [0.1, 0.15) is 29.5 Å². The van der Waals surface area contributed by atoms with Gasteiger partial charge in [0.15, 0.2) is 0 Å². The molecule has 0 saturated heterocycles. The van der Waals surface area contributed by atoms with Gasteiger partial charge in [-0.3, -0.25) is 4.79 Å². The third-order valence-corrected chi connectivity index (χ3v) is 5.03. The van der Waals surface area contributed by atoms with Crippen molar-refractivity contribution in [2.75, 3.05) is 20.3 Å². The van der Waals surface area contributed by atoms with Gasteiger partial charge in [0, 0.05) is 37.1 Å². The molecule has 4 nitrogen and oxygen atoms in total. The molecule has 0 aliphatic heterocycles. The van der Waals surface area contributed by atoms with E-state index < -0.39 is 0 Å². The number of nitrogens with zero attached hydrogens (tertiary/aromatic N) is 2. The Kier molecular flexibility index (Phi) is 5.07. The van der Waals surface area contributed by atoms with Crippen molar-refractivity contribution in [3.8, 4) is 0 Å². The van der Waals surface area contributed by atoms with Crippen molar-refractivity contribution < 1.29 is 9.53 Å². The molecule has 0 atom stereocenters. The Balaban J connectivity index is 1.90. The molecule has 1 aromatic carbocycles. The summed E-state index contributed by atoms with van der Waals surface area (Å²) in [6.07, 6.45) is 1.98. The van der Waals surface area contributed by atoms with E-state index in [0.717, 1.165) is 34.9 Å². The zero-order valence-electron chi connectivity index (χ0n) is 14.4. The van der Waals surface area contributed by atoms with E-state index in [1.54, 1.807) is 7.11 Å². The van der Waals surface area contributed by atoms with Crippen LogP contribution in [-0.4, -0.2) is 36.1 Å². The van der Waals surface area contributed by atoms with E-state index >= 15 is 0 Å². The molecule has 0 bridgehead atoms. The van der Waals surface area contributed by atoms with Crippen molar-refractivity contribution in [2.24, 2.45) is 5.92 Å². The summed E-state index contributed by atoms with van der Waals surface area (Å²) in [6, 6.07) is 6.21. The number of hydrogen-bond donors (Lipinski definition) is 0. The number of carbonyl (C=O) groups is 1. The van der Waals surface area contributed by atoms with Crippen LogP contribution >= 0.6 is 11.6 Å². The first-order chi connectivity index (χ1) is 11.5. The molecule has 1 saturated carbocycles. The third kappa shape index (κ3) is 3.55. The van der Waals surface area contributed by atoms with Gasteiger partial charge in [0.05, 0.1) is 12.1 Å². The molecule has 0 radical (unpaired) electrons. The summed E-state index contributed by atoms with van der Waals surface area (Å²) < 4.78 is 5.15. The largest absolute Gasteiger partial charge is 0.383 e. The number of benzene rings is 1. The molecular weight excluding hydrogens is 324 g/mol. The van der Waals surface area contributed by atoms with Gasteiger partial charge in [-0.2, -0.15) is 0 Å². The maximum Gasteiger partial charge on any atom is 0.226 e. The van der Waals surface area contributed by atoms with Crippen molar-refractivity contribution in [1.29, 1.82) is 0 Å². The van der Waals surface area contributed by atoms with Crippen molar-refractivity contribution in [3.05, 3.63) is 40.0 Å². The number of aryl methyl sites for hydroxylation is 2. The maximum atomic E-state index is 12.5. The standard InChI is InChI=1S/C19H23ClN2O2/c1-12-4-5-15-10-16(18(20)21-17(15)13(12)2)11-22(8-9-24-3)19(23)14-6-7-14/h4-5,10,14H,6-9,11H2,1-3H3. The van der Waals surface area contributed by atoms with E-state index in [9.17, 15) is 4.79 Å². The van der Waals surface area contributed by atoms with Crippen LogP contribution in [0, 0.1) is 19.8 Å². The smallest absolute Gasteiger partial charge is 0.226 e. The van der Waals surface area contributed by atoms with Gasteiger partial charge in [0.1, 0.15) is 5.15 Å². The van der Waals surface area contributed by atoms with Crippen LogP contribution < -0.4 is 0 Å². The molecule has 1 fully saturated rings. The van der Waals surface area contributed by atoms with Crippen molar-refractivity contribution in [2.45, 2.75) is 33.2 Å². The molecule has 0 spiro atoms. The molecular formula is C19H23ClN2O2. The molecule has 2 aromatic rings. The van der Waals surface area contributed by atoms with Crippen LogP contribution in [0.4, 0.5) is 0 Å². The number of rotatable bonds is 6. The predicted molar refractivity (Wildman–Crippen MR) is 96.2 cm³/mol. The van der Waals surface area contributed by atoms with Gasteiger partial charge >= 0.3 is 0 Å². The van der Waals surface area contributed by atoms with E-state index in [4.69, 9.17) is 16.3 Å². The second kappa shape index (κ2) is 7.08. The highest BCUT2D eigenvalue weighted by Gasteiger charge is 2.33. The van der Waals surface area contributed by atoms with Crippen molar-refractivity contribution in [1.82, 2.24) is 9.88 Å². The van der Waals surface area contributed by atoms with Gasteiger partial charge in [-0.1, -0.05) is 23.7 Å². The lowest BCUT2D eigenvalue weighted by molar-refractivity contribution is -0.133. The quantitative estimate of drug-likeness (QED) is 0.745. The Labute approximate surface area is 147 Å². The molecule has 24 heavy (non-hydrogen) atoms. The van der Waals surface area contributed by atoms with Gasteiger partial charge in [-0.25, -0.2) is 4.98 Å². The lowest BCUT2D eigenvalue weighted by Gasteiger charge is -2.23. The summed E-state index contributed by atoms with van der Waals surface area (Å²) in [7, 11) is 1.65. The van der Waals surface area contributed by atoms with Gasteiger partial charge in [0.2, 0.25) is 5.91 Å². The number of fused-ring (bicyclic) bond motifs is 1. The summed E-state index contributed by atoms with van der Waals surface area (Å²) in [5, 5.41) is 1.53.